The largest absolute Gasteiger partial charge is 0.265 e. The van der Waals surface area contributed by atoms with Crippen LogP contribution in [0.4, 0.5) is 0 Å². The minimum absolute atomic E-state index is 0.189. The second kappa shape index (κ2) is 99.6. The van der Waals surface area contributed by atoms with Crippen LogP contribution in [0.25, 0.3) is 22.3 Å². The molecule has 0 saturated heterocycles. The fraction of sp³-hybridized carbons (Fsp3) is 0.377. The molecule has 0 radical (unpaired) electrons. The van der Waals surface area contributed by atoms with Crippen molar-refractivity contribution >= 4 is 0 Å². The fourth-order valence-corrected chi connectivity index (χ4v) is 9.04. The fourth-order valence-electron chi connectivity index (χ4n) is 9.04. The molecule has 0 aliphatic heterocycles. The van der Waals surface area contributed by atoms with E-state index in [0.29, 0.717) is 0 Å². The minimum Gasteiger partial charge on any atom is -0.265 e. The molecule has 2 aliphatic carbocycles. The van der Waals surface area contributed by atoms with Crippen molar-refractivity contribution in [2.24, 2.45) is 0 Å². The molecule has 678 valence electrons. The number of aromatic nitrogens is 18. The van der Waals surface area contributed by atoms with Gasteiger partial charge >= 0.3 is 0 Å². The van der Waals surface area contributed by atoms with Crippen LogP contribution in [0.2, 0.25) is 0 Å². The zero-order chi connectivity index (χ0) is 96.4. The van der Waals surface area contributed by atoms with Crippen LogP contribution in [0, 0.1) is 76.2 Å². The van der Waals surface area contributed by atoms with E-state index in [-0.39, 0.29) is 5.41 Å². The third-order valence-corrected chi connectivity index (χ3v) is 13.5. The van der Waals surface area contributed by atoms with Gasteiger partial charge in [-0.05, 0) is 198 Å². The summed E-state index contributed by atoms with van der Waals surface area (Å²) in [5, 5.41) is 14.6. The maximum atomic E-state index is 3.98. The SMILES string of the molecule is CC.CC.CC.CC.CC.CC.CC.CC.CC.CC.CC.CC.CC.CC.Cc1ccc2c(c1)C1(c3ccccc3-c3ccccc31)c1ccccc1-2.Cc1ccccn1.Cc1cccnc1.Cc1cccnn1.Cc1ccncc1.Cc1ccncn1.Cc1ccnnc1.Cc1cnccn1.Cc1cnccn1.Cc1cncnc1.Cc1ncncn1. The normalized spacial score (nSPS) is 8.67. The Kier molecular flexibility index (Phi) is 104. The first kappa shape index (κ1) is 130. The summed E-state index contributed by atoms with van der Waals surface area (Å²) in [7, 11) is 0. The summed E-state index contributed by atoms with van der Waals surface area (Å²) < 4.78 is 0. The first-order chi connectivity index (χ1) is 60.8. The zero-order valence-corrected chi connectivity index (χ0v) is 84.2. The first-order valence-corrected chi connectivity index (χ1v) is 44.7. The molecular formula is C106H164N18. The molecule has 16 rings (SSSR count). The maximum absolute atomic E-state index is 3.98. The van der Waals surface area contributed by atoms with E-state index in [0.717, 1.165) is 45.4 Å². The van der Waals surface area contributed by atoms with Gasteiger partial charge in [0.25, 0.3) is 0 Å². The smallest absolute Gasteiger partial charge is 0.128 e. The molecule has 18 heteroatoms. The Bertz CT molecular complexity index is 3650. The molecule has 0 fully saturated rings. The molecule has 1 spiro atoms. The molecule has 0 amide bonds. The molecule has 10 heterocycles. The first-order valence-electron chi connectivity index (χ1n) is 44.7. The van der Waals surface area contributed by atoms with E-state index in [9.17, 15) is 0 Å². The van der Waals surface area contributed by atoms with Crippen LogP contribution in [-0.2, 0) is 5.41 Å². The van der Waals surface area contributed by atoms with Crippen LogP contribution < -0.4 is 0 Å². The van der Waals surface area contributed by atoms with Crippen molar-refractivity contribution < 1.29 is 0 Å². The summed E-state index contributed by atoms with van der Waals surface area (Å²) in [6.07, 6.45) is 35.4. The third-order valence-electron chi connectivity index (χ3n) is 13.5. The molecule has 124 heavy (non-hydrogen) atoms. The van der Waals surface area contributed by atoms with Gasteiger partial charge < -0.3 is 0 Å². The zero-order valence-electron chi connectivity index (χ0n) is 84.2. The lowest BCUT2D eigenvalue weighted by Crippen LogP contribution is -2.25. The molecular weight excluding hydrogens is 1530 g/mol. The summed E-state index contributed by atoms with van der Waals surface area (Å²) in [5.41, 5.74) is 22.0. The average Bonchev–Trinajstić information content (AvgIpc) is 1.51. The van der Waals surface area contributed by atoms with Gasteiger partial charge in [0.05, 0.1) is 28.7 Å². The molecule has 14 aromatic rings. The number of rotatable bonds is 0. The van der Waals surface area contributed by atoms with Gasteiger partial charge in [0.15, 0.2) is 0 Å². The van der Waals surface area contributed by atoms with Crippen molar-refractivity contribution in [3.05, 3.63) is 373 Å². The number of aryl methyl sites for hydroxylation is 11. The summed E-state index contributed by atoms with van der Waals surface area (Å²) in [5.74, 6) is 0.759. The quantitative estimate of drug-likeness (QED) is 0.137. The van der Waals surface area contributed by atoms with Crippen LogP contribution in [0.5, 0.6) is 0 Å². The van der Waals surface area contributed by atoms with E-state index >= 15 is 0 Å². The number of fused-ring (bicyclic) bond motifs is 10. The Hall–Kier alpha value is -12.2. The maximum Gasteiger partial charge on any atom is 0.128 e. The molecule has 0 N–H and O–H groups in total. The topological polar surface area (TPSA) is 232 Å². The van der Waals surface area contributed by atoms with E-state index in [2.05, 4.69) is 188 Å². The predicted octanol–water partition coefficient (Wildman–Crippen LogP) is 29.8. The number of benzene rings is 4. The van der Waals surface area contributed by atoms with E-state index in [1.54, 1.807) is 99.1 Å². The molecule has 0 bridgehead atoms. The van der Waals surface area contributed by atoms with E-state index in [1.807, 2.05) is 336 Å². The molecule has 10 aromatic heterocycles. The van der Waals surface area contributed by atoms with Crippen molar-refractivity contribution in [2.75, 3.05) is 0 Å². The van der Waals surface area contributed by atoms with Crippen molar-refractivity contribution in [2.45, 2.75) is 275 Å². The monoisotopic (exact) mass is 1690 g/mol. The lowest BCUT2D eigenvalue weighted by Gasteiger charge is -2.30. The summed E-state index contributed by atoms with van der Waals surface area (Å²) >= 11 is 0. The van der Waals surface area contributed by atoms with Gasteiger partial charge in [0.1, 0.15) is 31.1 Å². The van der Waals surface area contributed by atoms with Gasteiger partial charge in [-0.3, -0.25) is 34.9 Å². The average molecular weight is 1690 g/mol. The highest BCUT2D eigenvalue weighted by Gasteiger charge is 2.51. The molecule has 2 aliphatic rings. The second-order valence-electron chi connectivity index (χ2n) is 21.4. The molecule has 18 nitrogen and oxygen atoms in total. The lowest BCUT2D eigenvalue weighted by atomic mass is 9.70. The highest BCUT2D eigenvalue weighted by molar-refractivity contribution is 5.95. The lowest BCUT2D eigenvalue weighted by molar-refractivity contribution is 0.792. The molecule has 0 saturated carbocycles. The minimum atomic E-state index is -0.189. The van der Waals surface area contributed by atoms with Crippen molar-refractivity contribution in [1.82, 2.24) is 90.2 Å². The number of hydrogen-bond donors (Lipinski definition) is 0. The van der Waals surface area contributed by atoms with Gasteiger partial charge in [0, 0.05) is 111 Å². The number of hydrogen-bond acceptors (Lipinski definition) is 18. The van der Waals surface area contributed by atoms with Crippen LogP contribution in [0.15, 0.2) is 288 Å². The Morgan fingerprint density at radius 1 is 0.185 bits per heavy atom. The van der Waals surface area contributed by atoms with Gasteiger partial charge in [-0.2, -0.15) is 20.4 Å². The highest BCUT2D eigenvalue weighted by atomic mass is 15.1. The van der Waals surface area contributed by atoms with Gasteiger partial charge in [-0.15, -0.1) is 0 Å². The van der Waals surface area contributed by atoms with Crippen LogP contribution >= 0.6 is 0 Å². The highest BCUT2D eigenvalue weighted by Crippen LogP contribution is 2.62. The van der Waals surface area contributed by atoms with Crippen LogP contribution in [0.3, 0.4) is 0 Å². The van der Waals surface area contributed by atoms with E-state index in [1.165, 1.54) is 86.5 Å². The number of pyridine rings is 3. The van der Waals surface area contributed by atoms with Crippen molar-refractivity contribution in [3.63, 3.8) is 0 Å². The van der Waals surface area contributed by atoms with E-state index in [4.69, 9.17) is 0 Å². The number of nitrogens with zero attached hydrogens (tertiary/aromatic N) is 18. The van der Waals surface area contributed by atoms with Gasteiger partial charge in [-0.25, -0.2) is 34.9 Å². The van der Waals surface area contributed by atoms with Crippen LogP contribution in [0.1, 0.15) is 278 Å². The summed E-state index contributed by atoms with van der Waals surface area (Å²) in [6.45, 7) is 77.7. The van der Waals surface area contributed by atoms with E-state index < -0.39 is 0 Å². The summed E-state index contributed by atoms with van der Waals surface area (Å²) in [6, 6.07) is 55.1. The van der Waals surface area contributed by atoms with Crippen molar-refractivity contribution in [1.29, 1.82) is 0 Å². The Morgan fingerprint density at radius 2 is 0.573 bits per heavy atom. The summed E-state index contributed by atoms with van der Waals surface area (Å²) in [4.78, 5) is 53.5. The Morgan fingerprint density at radius 3 is 0.823 bits per heavy atom. The molecule has 0 atom stereocenters. The Balaban J connectivity index is -0.000000169. The third kappa shape index (κ3) is 61.2. The standard InChI is InChI=1S/C26H18.3C6H7N.6C5H6N2.C4H5N3.14C2H6/c1-17-14-15-21-20-10-4-7-13-24(20)26(25(21)16-17)22-11-5-2-8-18(22)19-9-3-6-12-23(19)26;1-6-2-4-7-5-3-6;1-6-3-2-4-7-5-6;1-6-4-2-3-5-7-6;1-5-2-6-4-7-3-5;2*1-5-4-6-2-3-7-5;1-5-2-3-6-4-7-5;1-5-2-3-6-7-4-5;1-5-3-2-4-6-7-5;1-4-6-2-5-3-7-4;14*1-2/h2-16H,1H3;3*2-5H,1H3;6*2-4H,1H3;2-3H,1H3;14*1-2H3. The van der Waals surface area contributed by atoms with Crippen LogP contribution in [-0.4, -0.2) is 90.2 Å². The van der Waals surface area contributed by atoms with Gasteiger partial charge in [-0.1, -0.05) is 303 Å². The molecule has 0 unspecified atom stereocenters. The second-order valence-corrected chi connectivity index (χ2v) is 21.4. The van der Waals surface area contributed by atoms with Gasteiger partial charge in [0.2, 0.25) is 0 Å². The predicted molar refractivity (Wildman–Crippen MR) is 538 cm³/mol. The Labute approximate surface area is 756 Å². The molecule has 4 aromatic carbocycles. The van der Waals surface area contributed by atoms with Crippen molar-refractivity contribution in [3.8, 4) is 22.3 Å².